The second-order valence-corrected chi connectivity index (χ2v) is 9.30. The predicted octanol–water partition coefficient (Wildman–Crippen LogP) is 2.12. The Morgan fingerprint density at radius 2 is 2.11 bits per heavy atom. The number of guanidine groups is 1. The lowest BCUT2D eigenvalue weighted by atomic mass is 10.0. The van der Waals surface area contributed by atoms with Gasteiger partial charge in [-0.3, -0.25) is 9.30 Å². The lowest BCUT2D eigenvalue weighted by Gasteiger charge is -2.22. The van der Waals surface area contributed by atoms with E-state index in [-0.39, 0.29) is 35.3 Å². The fraction of sp³-hybridized carbons (Fsp3) is 0.632. The summed E-state index contributed by atoms with van der Waals surface area (Å²) >= 11 is 0. The van der Waals surface area contributed by atoms with Crippen LogP contribution in [0.5, 0.6) is 0 Å². The third kappa shape index (κ3) is 5.73. The minimum absolute atomic E-state index is 0. The van der Waals surface area contributed by atoms with Crippen molar-refractivity contribution in [2.75, 3.05) is 42.8 Å². The first kappa shape index (κ1) is 23.2. The van der Waals surface area contributed by atoms with Gasteiger partial charge in [-0.2, -0.15) is 0 Å². The SMILES string of the molecule is CCNC(=NCC1(C)CCCO1)NCCS(=O)(=O)N1CCc2ccccc21.I. The van der Waals surface area contributed by atoms with Crippen LogP contribution in [0.1, 0.15) is 32.3 Å². The summed E-state index contributed by atoms with van der Waals surface area (Å²) in [6, 6.07) is 7.70. The van der Waals surface area contributed by atoms with E-state index in [0.29, 0.717) is 25.6 Å². The van der Waals surface area contributed by atoms with Gasteiger partial charge in [0, 0.05) is 26.2 Å². The summed E-state index contributed by atoms with van der Waals surface area (Å²) in [5.74, 6) is 0.658. The fourth-order valence-corrected chi connectivity index (χ4v) is 4.98. The highest BCUT2D eigenvalue weighted by atomic mass is 127. The molecule has 1 saturated heterocycles. The Labute approximate surface area is 185 Å². The van der Waals surface area contributed by atoms with Crippen LogP contribution in [-0.4, -0.2) is 58.5 Å². The van der Waals surface area contributed by atoms with Crippen LogP contribution >= 0.6 is 24.0 Å². The topological polar surface area (TPSA) is 83.0 Å². The van der Waals surface area contributed by atoms with Crippen molar-refractivity contribution in [1.82, 2.24) is 10.6 Å². The number of nitrogens with zero attached hydrogens (tertiary/aromatic N) is 2. The van der Waals surface area contributed by atoms with E-state index in [1.54, 1.807) is 0 Å². The molecule has 2 N–H and O–H groups in total. The van der Waals surface area contributed by atoms with Crippen LogP contribution in [0.15, 0.2) is 29.3 Å². The van der Waals surface area contributed by atoms with Gasteiger partial charge in [-0.15, -0.1) is 24.0 Å². The predicted molar refractivity (Wildman–Crippen MR) is 124 cm³/mol. The minimum Gasteiger partial charge on any atom is -0.373 e. The first-order valence-corrected chi connectivity index (χ1v) is 11.3. The number of halogens is 1. The van der Waals surface area contributed by atoms with Crippen molar-refractivity contribution in [2.45, 2.75) is 38.7 Å². The number of rotatable bonds is 7. The van der Waals surface area contributed by atoms with Crippen LogP contribution in [0.25, 0.3) is 0 Å². The van der Waals surface area contributed by atoms with Crippen LogP contribution in [0.4, 0.5) is 5.69 Å². The molecule has 0 spiro atoms. The molecule has 0 aromatic heterocycles. The lowest BCUT2D eigenvalue weighted by Crippen LogP contribution is -2.42. The van der Waals surface area contributed by atoms with Crippen molar-refractivity contribution in [3.63, 3.8) is 0 Å². The number of hydrogen-bond donors (Lipinski definition) is 2. The average Bonchev–Trinajstić information content (AvgIpc) is 3.27. The molecule has 0 aliphatic carbocycles. The molecule has 0 bridgehead atoms. The van der Waals surface area contributed by atoms with Gasteiger partial charge < -0.3 is 15.4 Å². The molecule has 2 aliphatic rings. The smallest absolute Gasteiger partial charge is 0.236 e. The Bertz CT molecular complexity index is 779. The van der Waals surface area contributed by atoms with Gasteiger partial charge in [0.2, 0.25) is 10.0 Å². The van der Waals surface area contributed by atoms with Crippen molar-refractivity contribution in [3.05, 3.63) is 29.8 Å². The summed E-state index contributed by atoms with van der Waals surface area (Å²) < 4.78 is 32.8. The van der Waals surface area contributed by atoms with E-state index in [0.717, 1.165) is 43.7 Å². The third-order valence-electron chi connectivity index (χ3n) is 5.05. The van der Waals surface area contributed by atoms with Gasteiger partial charge in [-0.25, -0.2) is 8.42 Å². The summed E-state index contributed by atoms with van der Waals surface area (Å²) in [6.07, 6.45) is 2.83. The van der Waals surface area contributed by atoms with E-state index in [2.05, 4.69) is 22.5 Å². The lowest BCUT2D eigenvalue weighted by molar-refractivity contribution is 0.0283. The molecule has 0 amide bonds. The zero-order chi connectivity index (χ0) is 19.3. The van der Waals surface area contributed by atoms with Crippen LogP contribution in [0.2, 0.25) is 0 Å². The number of benzene rings is 1. The Morgan fingerprint density at radius 3 is 2.82 bits per heavy atom. The fourth-order valence-electron chi connectivity index (χ4n) is 3.56. The van der Waals surface area contributed by atoms with E-state index in [4.69, 9.17) is 4.74 Å². The third-order valence-corrected chi connectivity index (χ3v) is 6.82. The largest absolute Gasteiger partial charge is 0.373 e. The van der Waals surface area contributed by atoms with Gasteiger partial charge in [0.05, 0.1) is 23.6 Å². The molecule has 1 atom stereocenters. The number of nitrogens with one attached hydrogen (secondary N) is 2. The standard InChI is InChI=1S/C19H30N4O3S.HI/c1-3-20-18(22-15-19(2)10-6-13-26-19)21-11-14-27(24,25)23-12-9-16-7-4-5-8-17(16)23;/h4-5,7-8H,3,6,9-15H2,1-2H3,(H2,20,21,22);1H. The minimum atomic E-state index is -3.36. The summed E-state index contributed by atoms with van der Waals surface area (Å²) in [5, 5.41) is 6.31. The van der Waals surface area contributed by atoms with E-state index in [1.807, 2.05) is 31.2 Å². The number of fused-ring (bicyclic) bond motifs is 1. The Balaban J connectivity index is 0.00000280. The van der Waals surface area contributed by atoms with Gasteiger partial charge in [-0.1, -0.05) is 18.2 Å². The highest BCUT2D eigenvalue weighted by Crippen LogP contribution is 2.29. The maximum Gasteiger partial charge on any atom is 0.236 e. The zero-order valence-electron chi connectivity index (χ0n) is 16.6. The molecule has 28 heavy (non-hydrogen) atoms. The molecule has 1 aromatic carbocycles. The van der Waals surface area contributed by atoms with E-state index in [1.165, 1.54) is 4.31 Å². The highest BCUT2D eigenvalue weighted by molar-refractivity contribution is 14.0. The van der Waals surface area contributed by atoms with Gasteiger partial charge in [0.15, 0.2) is 5.96 Å². The maximum absolute atomic E-state index is 12.8. The first-order chi connectivity index (χ1) is 12.9. The number of hydrogen-bond acceptors (Lipinski definition) is 4. The Morgan fingerprint density at radius 1 is 1.32 bits per heavy atom. The molecule has 0 radical (unpaired) electrons. The molecule has 1 aromatic rings. The normalized spacial score (nSPS) is 21.9. The molecule has 7 nitrogen and oxygen atoms in total. The van der Waals surface area contributed by atoms with E-state index < -0.39 is 10.0 Å². The Hall–Kier alpha value is -1.07. The molecular weight excluding hydrogens is 491 g/mol. The summed E-state index contributed by atoms with van der Waals surface area (Å²) in [6.45, 7) is 6.96. The van der Waals surface area contributed by atoms with Gasteiger partial charge in [0.25, 0.3) is 0 Å². The van der Waals surface area contributed by atoms with Crippen LogP contribution in [0, 0.1) is 0 Å². The molecule has 9 heteroatoms. The number of sulfonamides is 1. The summed E-state index contributed by atoms with van der Waals surface area (Å²) in [4.78, 5) is 4.58. The summed E-state index contributed by atoms with van der Waals surface area (Å²) in [5.41, 5.74) is 1.69. The van der Waals surface area contributed by atoms with Crippen LogP contribution in [-0.2, 0) is 21.2 Å². The second kappa shape index (κ2) is 10.1. The maximum atomic E-state index is 12.8. The molecule has 158 valence electrons. The molecule has 2 aliphatic heterocycles. The number of ether oxygens (including phenoxy) is 1. The molecule has 2 heterocycles. The monoisotopic (exact) mass is 522 g/mol. The number of para-hydroxylation sites is 1. The van der Waals surface area contributed by atoms with E-state index >= 15 is 0 Å². The second-order valence-electron chi connectivity index (χ2n) is 7.29. The van der Waals surface area contributed by atoms with Crippen molar-refractivity contribution in [3.8, 4) is 0 Å². The summed E-state index contributed by atoms with van der Waals surface area (Å²) in [7, 11) is -3.36. The van der Waals surface area contributed by atoms with Gasteiger partial charge in [0.1, 0.15) is 0 Å². The van der Waals surface area contributed by atoms with Crippen molar-refractivity contribution in [2.24, 2.45) is 4.99 Å². The molecule has 1 unspecified atom stereocenters. The quantitative estimate of drug-likeness (QED) is 0.326. The number of anilines is 1. The van der Waals surface area contributed by atoms with Crippen LogP contribution in [0.3, 0.4) is 0 Å². The molecular formula is C19H31IN4O3S. The van der Waals surface area contributed by atoms with Crippen molar-refractivity contribution < 1.29 is 13.2 Å². The van der Waals surface area contributed by atoms with Crippen molar-refractivity contribution in [1.29, 1.82) is 0 Å². The molecule has 1 fully saturated rings. The zero-order valence-corrected chi connectivity index (χ0v) is 19.8. The average molecular weight is 522 g/mol. The highest BCUT2D eigenvalue weighted by Gasteiger charge is 2.30. The molecule has 3 rings (SSSR count). The van der Waals surface area contributed by atoms with Gasteiger partial charge in [-0.05, 0) is 44.7 Å². The Kier molecular flexibility index (Phi) is 8.38. The van der Waals surface area contributed by atoms with Crippen molar-refractivity contribution >= 4 is 45.6 Å². The van der Waals surface area contributed by atoms with Gasteiger partial charge >= 0.3 is 0 Å². The molecule has 0 saturated carbocycles. The first-order valence-electron chi connectivity index (χ1n) is 9.68. The van der Waals surface area contributed by atoms with Crippen LogP contribution < -0.4 is 14.9 Å². The van der Waals surface area contributed by atoms with E-state index in [9.17, 15) is 8.42 Å². The number of aliphatic imine (C=N–C) groups is 1.